The summed E-state index contributed by atoms with van der Waals surface area (Å²) in [6.07, 6.45) is 0. The third-order valence-corrected chi connectivity index (χ3v) is 3.56. The summed E-state index contributed by atoms with van der Waals surface area (Å²) in [4.78, 5) is 0. The molecule has 1 aromatic carbocycles. The van der Waals surface area contributed by atoms with Gasteiger partial charge in [-0.25, -0.2) is 0 Å². The summed E-state index contributed by atoms with van der Waals surface area (Å²) < 4.78 is 10.9. The quantitative estimate of drug-likeness (QED) is 0.875. The van der Waals surface area contributed by atoms with Gasteiger partial charge in [0.25, 0.3) is 0 Å². The summed E-state index contributed by atoms with van der Waals surface area (Å²) in [5.74, 6) is 1.45. The van der Waals surface area contributed by atoms with E-state index in [1.54, 1.807) is 0 Å². The predicted octanol–water partition coefficient (Wildman–Crippen LogP) is 4.02. The average molecular weight is 309 g/mol. The molecule has 0 aliphatic carbocycles. The lowest BCUT2D eigenvalue weighted by molar-refractivity contribution is 0.302. The Bertz CT molecular complexity index is 589. The molecule has 1 heterocycles. The lowest BCUT2D eigenvalue weighted by Gasteiger charge is -2.11. The molecular formula is C16H21ClN2O2. The Morgan fingerprint density at radius 2 is 2.10 bits per heavy atom. The minimum atomic E-state index is 0.407. The van der Waals surface area contributed by atoms with E-state index in [0.717, 1.165) is 29.1 Å². The zero-order valence-electron chi connectivity index (χ0n) is 12.9. The standard InChI is InChI=1S/C16H21ClN2O2/c1-10(2)18-8-13-5-6-16(15(17)7-13)20-9-14-11(3)19-21-12(14)4/h5-7,10,18H,8-9H2,1-4H3. The number of aromatic nitrogens is 1. The molecule has 4 nitrogen and oxygen atoms in total. The average Bonchev–Trinajstić information content (AvgIpc) is 2.75. The number of ether oxygens (including phenoxy) is 1. The highest BCUT2D eigenvalue weighted by atomic mass is 35.5. The Hall–Kier alpha value is -1.52. The van der Waals surface area contributed by atoms with Gasteiger partial charge in [-0.2, -0.15) is 0 Å². The molecule has 5 heteroatoms. The first kappa shape index (κ1) is 15.9. The second-order valence-corrected chi connectivity index (χ2v) is 5.80. The van der Waals surface area contributed by atoms with Crippen LogP contribution >= 0.6 is 11.6 Å². The second kappa shape index (κ2) is 6.96. The summed E-state index contributed by atoms with van der Waals surface area (Å²) >= 11 is 6.27. The van der Waals surface area contributed by atoms with E-state index in [4.69, 9.17) is 20.9 Å². The summed E-state index contributed by atoms with van der Waals surface area (Å²) in [7, 11) is 0. The van der Waals surface area contributed by atoms with Gasteiger partial charge in [-0.1, -0.05) is 36.7 Å². The summed E-state index contributed by atoms with van der Waals surface area (Å²) in [5.41, 5.74) is 2.95. The number of halogens is 1. The van der Waals surface area contributed by atoms with E-state index < -0.39 is 0 Å². The van der Waals surface area contributed by atoms with Crippen molar-refractivity contribution in [2.24, 2.45) is 0 Å². The lowest BCUT2D eigenvalue weighted by Crippen LogP contribution is -2.21. The van der Waals surface area contributed by atoms with E-state index in [0.29, 0.717) is 23.4 Å². The monoisotopic (exact) mass is 308 g/mol. The summed E-state index contributed by atoms with van der Waals surface area (Å²) in [6.45, 7) is 9.20. The van der Waals surface area contributed by atoms with Crippen LogP contribution in [-0.4, -0.2) is 11.2 Å². The molecule has 0 saturated carbocycles. The van der Waals surface area contributed by atoms with Crippen molar-refractivity contribution in [2.75, 3.05) is 0 Å². The Morgan fingerprint density at radius 3 is 2.67 bits per heavy atom. The van der Waals surface area contributed by atoms with E-state index in [1.807, 2.05) is 32.0 Å². The fraction of sp³-hybridized carbons (Fsp3) is 0.438. The number of benzene rings is 1. The molecule has 2 aromatic rings. The Balaban J connectivity index is 2.01. The van der Waals surface area contributed by atoms with Crippen molar-refractivity contribution in [1.82, 2.24) is 10.5 Å². The highest BCUT2D eigenvalue weighted by Crippen LogP contribution is 2.27. The van der Waals surface area contributed by atoms with Gasteiger partial charge >= 0.3 is 0 Å². The molecule has 1 N–H and O–H groups in total. The third kappa shape index (κ3) is 4.22. The van der Waals surface area contributed by atoms with Crippen LogP contribution in [0.2, 0.25) is 5.02 Å². The van der Waals surface area contributed by atoms with Crippen LogP contribution in [0, 0.1) is 13.8 Å². The van der Waals surface area contributed by atoms with Crippen molar-refractivity contribution in [3.05, 3.63) is 45.8 Å². The minimum absolute atomic E-state index is 0.407. The van der Waals surface area contributed by atoms with Crippen LogP contribution < -0.4 is 10.1 Å². The Kier molecular flexibility index (Phi) is 5.26. The van der Waals surface area contributed by atoms with Gasteiger partial charge in [0.1, 0.15) is 18.1 Å². The van der Waals surface area contributed by atoms with Crippen molar-refractivity contribution in [1.29, 1.82) is 0 Å². The summed E-state index contributed by atoms with van der Waals surface area (Å²) in [6, 6.07) is 6.29. The van der Waals surface area contributed by atoms with Gasteiger partial charge in [-0.15, -0.1) is 0 Å². The van der Waals surface area contributed by atoms with Crippen molar-refractivity contribution >= 4 is 11.6 Å². The van der Waals surface area contributed by atoms with Crippen molar-refractivity contribution < 1.29 is 9.26 Å². The highest BCUT2D eigenvalue weighted by Gasteiger charge is 2.11. The highest BCUT2D eigenvalue weighted by molar-refractivity contribution is 6.32. The van der Waals surface area contributed by atoms with Gasteiger partial charge in [0, 0.05) is 12.6 Å². The van der Waals surface area contributed by atoms with Crippen molar-refractivity contribution in [2.45, 2.75) is 46.9 Å². The Morgan fingerprint density at radius 1 is 1.33 bits per heavy atom. The SMILES string of the molecule is Cc1noc(C)c1COc1ccc(CNC(C)C)cc1Cl. The van der Waals surface area contributed by atoms with E-state index in [9.17, 15) is 0 Å². The minimum Gasteiger partial charge on any atom is -0.487 e. The van der Waals surface area contributed by atoms with Crippen molar-refractivity contribution in [3.63, 3.8) is 0 Å². The predicted molar refractivity (Wildman–Crippen MR) is 83.7 cm³/mol. The van der Waals surface area contributed by atoms with Crippen LogP contribution in [0.4, 0.5) is 0 Å². The van der Waals surface area contributed by atoms with Crippen molar-refractivity contribution in [3.8, 4) is 5.75 Å². The van der Waals surface area contributed by atoms with Crippen LogP contribution in [0.1, 0.15) is 36.4 Å². The fourth-order valence-electron chi connectivity index (χ4n) is 1.95. The number of rotatable bonds is 6. The van der Waals surface area contributed by atoms with Gasteiger partial charge in [0.15, 0.2) is 0 Å². The van der Waals surface area contributed by atoms with Gasteiger partial charge in [0.2, 0.25) is 0 Å². The maximum atomic E-state index is 6.27. The molecule has 1 aromatic heterocycles. The lowest BCUT2D eigenvalue weighted by atomic mass is 10.2. The normalized spacial score (nSPS) is 11.1. The molecule has 0 radical (unpaired) electrons. The number of hydrogen-bond donors (Lipinski definition) is 1. The molecule has 0 bridgehead atoms. The number of hydrogen-bond acceptors (Lipinski definition) is 4. The first-order chi connectivity index (χ1) is 9.97. The van der Waals surface area contributed by atoms with Crippen LogP contribution in [0.15, 0.2) is 22.7 Å². The van der Waals surface area contributed by atoms with Gasteiger partial charge in [0.05, 0.1) is 16.3 Å². The molecule has 0 atom stereocenters. The molecule has 0 aliphatic rings. The molecule has 0 aliphatic heterocycles. The largest absolute Gasteiger partial charge is 0.487 e. The maximum Gasteiger partial charge on any atom is 0.140 e. The third-order valence-electron chi connectivity index (χ3n) is 3.26. The number of nitrogens with zero attached hydrogens (tertiary/aromatic N) is 1. The second-order valence-electron chi connectivity index (χ2n) is 5.39. The molecular weight excluding hydrogens is 288 g/mol. The number of aryl methyl sites for hydroxylation is 2. The number of nitrogens with one attached hydrogen (secondary N) is 1. The van der Waals surface area contributed by atoms with E-state index in [2.05, 4.69) is 24.3 Å². The van der Waals surface area contributed by atoms with Gasteiger partial charge in [-0.3, -0.25) is 0 Å². The van der Waals surface area contributed by atoms with Crippen LogP contribution in [-0.2, 0) is 13.2 Å². The van der Waals surface area contributed by atoms with Gasteiger partial charge < -0.3 is 14.6 Å². The first-order valence-corrected chi connectivity index (χ1v) is 7.41. The molecule has 21 heavy (non-hydrogen) atoms. The molecule has 114 valence electrons. The molecule has 0 saturated heterocycles. The molecule has 2 rings (SSSR count). The van der Waals surface area contributed by atoms with Crippen LogP contribution in [0.3, 0.4) is 0 Å². The first-order valence-electron chi connectivity index (χ1n) is 7.03. The molecule has 0 unspecified atom stereocenters. The molecule has 0 spiro atoms. The van der Waals surface area contributed by atoms with E-state index >= 15 is 0 Å². The zero-order valence-corrected chi connectivity index (χ0v) is 13.6. The molecule has 0 amide bonds. The Labute approximate surface area is 130 Å². The smallest absolute Gasteiger partial charge is 0.140 e. The topological polar surface area (TPSA) is 47.3 Å². The van der Waals surface area contributed by atoms with E-state index in [1.165, 1.54) is 0 Å². The van der Waals surface area contributed by atoms with Crippen LogP contribution in [0.5, 0.6) is 5.75 Å². The molecule has 0 fully saturated rings. The van der Waals surface area contributed by atoms with Gasteiger partial charge in [-0.05, 0) is 31.5 Å². The maximum absolute atomic E-state index is 6.27. The van der Waals surface area contributed by atoms with E-state index in [-0.39, 0.29) is 0 Å². The fourth-order valence-corrected chi connectivity index (χ4v) is 2.21. The zero-order chi connectivity index (χ0) is 15.4. The summed E-state index contributed by atoms with van der Waals surface area (Å²) in [5, 5.41) is 7.88. The van der Waals surface area contributed by atoms with Crippen LogP contribution in [0.25, 0.3) is 0 Å².